The second kappa shape index (κ2) is 5.98. The van der Waals surface area contributed by atoms with Crippen molar-refractivity contribution in [1.82, 2.24) is 4.98 Å². The molecule has 0 unspecified atom stereocenters. The first-order valence-electron chi connectivity index (χ1n) is 7.76. The van der Waals surface area contributed by atoms with Crippen LogP contribution < -0.4 is 5.73 Å². The van der Waals surface area contributed by atoms with Gasteiger partial charge in [0.1, 0.15) is 0 Å². The summed E-state index contributed by atoms with van der Waals surface area (Å²) >= 11 is 0. The van der Waals surface area contributed by atoms with Gasteiger partial charge >= 0.3 is 0 Å². The molecule has 0 amide bonds. The third kappa shape index (κ3) is 2.73. The molecule has 2 nitrogen and oxygen atoms in total. The van der Waals surface area contributed by atoms with Crippen molar-refractivity contribution >= 4 is 10.8 Å². The van der Waals surface area contributed by atoms with E-state index in [0.717, 1.165) is 25.0 Å². The minimum absolute atomic E-state index is 0.357. The van der Waals surface area contributed by atoms with Gasteiger partial charge < -0.3 is 5.73 Å². The highest BCUT2D eigenvalue weighted by Crippen LogP contribution is 2.33. The number of hydrogen-bond acceptors (Lipinski definition) is 2. The van der Waals surface area contributed by atoms with Gasteiger partial charge in [0, 0.05) is 11.6 Å². The molecule has 0 atom stereocenters. The number of rotatable bonds is 5. The minimum atomic E-state index is -0.357. The van der Waals surface area contributed by atoms with Crippen molar-refractivity contribution in [1.29, 1.82) is 0 Å². The number of aryl methyl sites for hydroxylation is 2. The molecular weight excluding hydrogens is 256 g/mol. The fraction of sp³-hybridized carbons (Fsp3) is 0.421. The second-order valence-corrected chi connectivity index (χ2v) is 5.98. The van der Waals surface area contributed by atoms with Crippen LogP contribution in [0.1, 0.15) is 49.1 Å². The molecule has 2 N–H and O–H groups in total. The van der Waals surface area contributed by atoms with Gasteiger partial charge in [-0.25, -0.2) is 0 Å². The summed E-state index contributed by atoms with van der Waals surface area (Å²) in [5, 5.41) is 2.49. The van der Waals surface area contributed by atoms with Crippen LogP contribution in [0.25, 0.3) is 10.8 Å². The van der Waals surface area contributed by atoms with Gasteiger partial charge in [-0.15, -0.1) is 6.58 Å². The second-order valence-electron chi connectivity index (χ2n) is 5.98. The molecule has 1 heterocycles. The Labute approximate surface area is 128 Å². The molecular formula is C19H26N2. The van der Waals surface area contributed by atoms with Crippen LogP contribution in [-0.2, 0) is 12.0 Å². The van der Waals surface area contributed by atoms with E-state index in [-0.39, 0.29) is 5.54 Å². The Morgan fingerprint density at radius 2 is 1.86 bits per heavy atom. The molecule has 0 radical (unpaired) electrons. The first-order valence-corrected chi connectivity index (χ1v) is 7.76. The number of nitrogens with two attached hydrogens (primary N) is 1. The number of benzene rings is 1. The highest BCUT2D eigenvalue weighted by molar-refractivity contribution is 5.89. The van der Waals surface area contributed by atoms with Crippen LogP contribution >= 0.6 is 0 Å². The van der Waals surface area contributed by atoms with Gasteiger partial charge in [-0.05, 0) is 49.6 Å². The number of nitrogens with zero attached hydrogens (tertiary/aromatic N) is 1. The highest BCUT2D eigenvalue weighted by atomic mass is 14.8. The Kier molecular flexibility index (Phi) is 4.48. The zero-order valence-electron chi connectivity index (χ0n) is 13.7. The smallest absolute Gasteiger partial charge is 0.0643 e. The predicted molar refractivity (Wildman–Crippen MR) is 91.6 cm³/mol. The van der Waals surface area contributed by atoms with Gasteiger partial charge in [-0.2, -0.15) is 0 Å². The maximum atomic E-state index is 6.62. The third-order valence-corrected chi connectivity index (χ3v) is 4.55. The summed E-state index contributed by atoms with van der Waals surface area (Å²) in [6.45, 7) is 12.5. The normalized spacial score (nSPS) is 11.9. The lowest BCUT2D eigenvalue weighted by molar-refractivity contribution is 0.398. The van der Waals surface area contributed by atoms with Crippen LogP contribution in [0.15, 0.2) is 31.0 Å². The Hall–Kier alpha value is -1.67. The Balaban J connectivity index is 2.84. The molecule has 2 aromatic rings. The monoisotopic (exact) mass is 282 g/mol. The molecule has 0 aliphatic carbocycles. The summed E-state index contributed by atoms with van der Waals surface area (Å²) in [5.41, 5.74) is 11.1. The topological polar surface area (TPSA) is 38.9 Å². The van der Waals surface area contributed by atoms with Crippen molar-refractivity contribution in [2.75, 3.05) is 0 Å². The summed E-state index contributed by atoms with van der Waals surface area (Å²) < 4.78 is 0. The third-order valence-electron chi connectivity index (χ3n) is 4.55. The van der Waals surface area contributed by atoms with E-state index in [1.807, 2.05) is 12.3 Å². The molecule has 21 heavy (non-hydrogen) atoms. The van der Waals surface area contributed by atoms with E-state index in [1.165, 1.54) is 27.5 Å². The molecule has 0 aliphatic heterocycles. The van der Waals surface area contributed by atoms with Crippen molar-refractivity contribution in [3.8, 4) is 0 Å². The summed E-state index contributed by atoms with van der Waals surface area (Å²) in [6, 6.07) is 4.45. The molecule has 0 bridgehead atoms. The quantitative estimate of drug-likeness (QED) is 0.817. The van der Waals surface area contributed by atoms with E-state index >= 15 is 0 Å². The van der Waals surface area contributed by atoms with Gasteiger partial charge in [0.25, 0.3) is 0 Å². The maximum Gasteiger partial charge on any atom is 0.0643 e. The van der Waals surface area contributed by atoms with E-state index in [2.05, 4.69) is 46.4 Å². The number of fused-ring (bicyclic) bond motifs is 1. The minimum Gasteiger partial charge on any atom is -0.320 e. The Bertz CT molecular complexity index is 667. The lowest BCUT2D eigenvalue weighted by atomic mass is 9.84. The Morgan fingerprint density at radius 3 is 2.43 bits per heavy atom. The largest absolute Gasteiger partial charge is 0.320 e. The van der Waals surface area contributed by atoms with E-state index in [0.29, 0.717) is 0 Å². The lowest BCUT2D eigenvalue weighted by Gasteiger charge is -2.29. The SMILES string of the molecule is C=CCc1c(C(N)(CC)CC)ncc2c(C)cc(C)cc12. The highest BCUT2D eigenvalue weighted by Gasteiger charge is 2.28. The van der Waals surface area contributed by atoms with E-state index in [1.54, 1.807) is 0 Å². The lowest BCUT2D eigenvalue weighted by Crippen LogP contribution is -2.37. The molecule has 1 aromatic carbocycles. The molecule has 0 aliphatic rings. The molecule has 2 rings (SSSR count). The zero-order valence-corrected chi connectivity index (χ0v) is 13.7. The number of hydrogen-bond donors (Lipinski definition) is 1. The van der Waals surface area contributed by atoms with Crippen LogP contribution in [0, 0.1) is 13.8 Å². The summed E-state index contributed by atoms with van der Waals surface area (Å²) in [4.78, 5) is 4.76. The molecule has 1 aromatic heterocycles. The number of pyridine rings is 1. The fourth-order valence-corrected chi connectivity index (χ4v) is 3.10. The van der Waals surface area contributed by atoms with Crippen LogP contribution in [-0.4, -0.2) is 4.98 Å². The summed E-state index contributed by atoms with van der Waals surface area (Å²) in [7, 11) is 0. The first-order chi connectivity index (χ1) is 9.96. The fourth-order valence-electron chi connectivity index (χ4n) is 3.10. The van der Waals surface area contributed by atoms with Crippen LogP contribution in [0.5, 0.6) is 0 Å². The molecule has 0 saturated carbocycles. The van der Waals surface area contributed by atoms with Gasteiger partial charge in [-0.1, -0.05) is 37.6 Å². The summed E-state index contributed by atoms with van der Waals surface area (Å²) in [6.07, 6.45) is 6.51. The van der Waals surface area contributed by atoms with Crippen LogP contribution in [0.4, 0.5) is 0 Å². The van der Waals surface area contributed by atoms with Crippen LogP contribution in [0.3, 0.4) is 0 Å². The van der Waals surface area contributed by atoms with Crippen molar-refractivity contribution in [2.24, 2.45) is 5.73 Å². The van der Waals surface area contributed by atoms with E-state index in [9.17, 15) is 0 Å². The van der Waals surface area contributed by atoms with Crippen LogP contribution in [0.2, 0.25) is 0 Å². The van der Waals surface area contributed by atoms with E-state index < -0.39 is 0 Å². The van der Waals surface area contributed by atoms with Gasteiger partial charge in [0.15, 0.2) is 0 Å². The summed E-state index contributed by atoms with van der Waals surface area (Å²) in [5.74, 6) is 0. The molecule has 112 valence electrons. The van der Waals surface area contributed by atoms with E-state index in [4.69, 9.17) is 10.7 Å². The number of allylic oxidation sites excluding steroid dienone is 1. The van der Waals surface area contributed by atoms with Crippen molar-refractivity contribution in [3.63, 3.8) is 0 Å². The zero-order chi connectivity index (χ0) is 15.6. The first kappa shape index (κ1) is 15.7. The molecule has 0 spiro atoms. The standard InChI is InChI=1S/C19H26N2/c1-6-9-15-16-11-13(4)10-14(5)17(16)12-21-18(15)19(20,7-2)8-3/h6,10-12H,1,7-9,20H2,2-5H3. The average molecular weight is 282 g/mol. The molecule has 0 fully saturated rings. The number of aromatic nitrogens is 1. The maximum absolute atomic E-state index is 6.62. The average Bonchev–Trinajstić information content (AvgIpc) is 2.47. The van der Waals surface area contributed by atoms with Gasteiger partial charge in [0.05, 0.1) is 11.2 Å². The van der Waals surface area contributed by atoms with Crippen molar-refractivity contribution in [3.05, 3.63) is 53.4 Å². The molecule has 2 heteroatoms. The van der Waals surface area contributed by atoms with Crippen molar-refractivity contribution in [2.45, 2.75) is 52.5 Å². The Morgan fingerprint density at radius 1 is 1.19 bits per heavy atom. The van der Waals surface area contributed by atoms with Gasteiger partial charge in [0.2, 0.25) is 0 Å². The predicted octanol–water partition coefficient (Wildman–Crippen LogP) is 4.55. The van der Waals surface area contributed by atoms with Crippen molar-refractivity contribution < 1.29 is 0 Å². The van der Waals surface area contributed by atoms with Gasteiger partial charge in [-0.3, -0.25) is 4.98 Å². The molecule has 0 saturated heterocycles.